The van der Waals surface area contributed by atoms with E-state index in [0.29, 0.717) is 17.9 Å². The highest BCUT2D eigenvalue weighted by atomic mass is 16.5. The molecule has 8 heteroatoms. The van der Waals surface area contributed by atoms with E-state index in [-0.39, 0.29) is 24.7 Å². The van der Waals surface area contributed by atoms with Crippen LogP contribution in [0.4, 0.5) is 4.79 Å². The van der Waals surface area contributed by atoms with Crippen molar-refractivity contribution < 1.29 is 23.5 Å². The third kappa shape index (κ3) is 6.79. The van der Waals surface area contributed by atoms with E-state index < -0.39 is 11.9 Å². The second kappa shape index (κ2) is 10.1. The number of rotatable bonds is 8. The molecule has 3 amide bonds. The minimum atomic E-state index is -0.599. The monoisotopic (exact) mass is 387 g/mol. The van der Waals surface area contributed by atoms with Crippen molar-refractivity contribution >= 4 is 17.9 Å². The highest BCUT2D eigenvalue weighted by molar-refractivity contribution is 5.91. The van der Waals surface area contributed by atoms with Crippen molar-refractivity contribution in [2.75, 3.05) is 6.61 Å². The van der Waals surface area contributed by atoms with Crippen LogP contribution in [-0.4, -0.2) is 30.6 Å². The molecular weight excluding hydrogens is 362 g/mol. The van der Waals surface area contributed by atoms with Crippen molar-refractivity contribution in [3.63, 3.8) is 0 Å². The van der Waals surface area contributed by atoms with Gasteiger partial charge in [0.2, 0.25) is 0 Å². The van der Waals surface area contributed by atoms with Crippen LogP contribution in [0.5, 0.6) is 0 Å². The van der Waals surface area contributed by atoms with Crippen LogP contribution in [0, 0.1) is 0 Å². The van der Waals surface area contributed by atoms with Gasteiger partial charge in [-0.15, -0.1) is 0 Å². The molecule has 0 aliphatic heterocycles. The molecule has 0 saturated carbocycles. The minimum absolute atomic E-state index is 0.0522. The fourth-order valence-electron chi connectivity index (χ4n) is 2.36. The van der Waals surface area contributed by atoms with Crippen LogP contribution in [0.25, 0.3) is 0 Å². The number of carbonyl (C=O) groups excluding carboxylic acids is 3. The first-order chi connectivity index (χ1) is 13.3. The Hall–Kier alpha value is -3.29. The third-order valence-corrected chi connectivity index (χ3v) is 3.74. The summed E-state index contributed by atoms with van der Waals surface area (Å²) >= 11 is 0. The molecule has 0 saturated heterocycles. The molecule has 1 heterocycles. The molecular formula is C20H25N3O5. The first-order valence-corrected chi connectivity index (χ1v) is 8.98. The lowest BCUT2D eigenvalue weighted by Crippen LogP contribution is -2.39. The zero-order valence-electron chi connectivity index (χ0n) is 16.2. The summed E-state index contributed by atoms with van der Waals surface area (Å²) in [5.41, 5.74) is 1.16. The van der Waals surface area contributed by atoms with Gasteiger partial charge in [0.05, 0.1) is 17.9 Å². The first kappa shape index (κ1) is 21.0. The summed E-state index contributed by atoms with van der Waals surface area (Å²) < 4.78 is 10.2. The second-order valence-corrected chi connectivity index (χ2v) is 6.56. The summed E-state index contributed by atoms with van der Waals surface area (Å²) in [6.45, 7) is 5.46. The van der Waals surface area contributed by atoms with Crippen LogP contribution in [0.2, 0.25) is 0 Å². The molecule has 2 aromatic rings. The zero-order chi connectivity index (χ0) is 20.5. The number of hydrogen-bond acceptors (Lipinski definition) is 5. The van der Waals surface area contributed by atoms with E-state index in [2.05, 4.69) is 16.0 Å². The van der Waals surface area contributed by atoms with Gasteiger partial charge in [-0.3, -0.25) is 4.79 Å². The largest absolute Gasteiger partial charge is 0.467 e. The van der Waals surface area contributed by atoms with Crippen LogP contribution in [0.3, 0.4) is 0 Å². The molecule has 150 valence electrons. The Morgan fingerprint density at radius 1 is 1.04 bits per heavy atom. The molecule has 0 radical (unpaired) electrons. The molecule has 0 fully saturated rings. The molecule has 0 spiro atoms. The highest BCUT2D eigenvalue weighted by Gasteiger charge is 2.14. The van der Waals surface area contributed by atoms with E-state index in [1.54, 1.807) is 43.3 Å². The fraction of sp³-hybridized carbons (Fsp3) is 0.350. The Kier molecular flexibility index (Phi) is 7.62. The number of amides is 3. The van der Waals surface area contributed by atoms with Crippen molar-refractivity contribution in [3.05, 3.63) is 59.5 Å². The topological polar surface area (TPSA) is 110 Å². The Morgan fingerprint density at radius 2 is 1.75 bits per heavy atom. The highest BCUT2D eigenvalue weighted by Crippen LogP contribution is 2.12. The van der Waals surface area contributed by atoms with Gasteiger partial charge in [0, 0.05) is 12.6 Å². The van der Waals surface area contributed by atoms with E-state index >= 15 is 0 Å². The molecule has 1 atom stereocenters. The van der Waals surface area contributed by atoms with Crippen molar-refractivity contribution in [1.29, 1.82) is 0 Å². The maximum Gasteiger partial charge on any atom is 0.338 e. The van der Waals surface area contributed by atoms with Gasteiger partial charge in [-0.05, 0) is 50.6 Å². The fourth-order valence-corrected chi connectivity index (χ4v) is 2.36. The van der Waals surface area contributed by atoms with Gasteiger partial charge < -0.3 is 25.1 Å². The number of furan rings is 1. The van der Waals surface area contributed by atoms with E-state index in [4.69, 9.17) is 9.15 Å². The van der Waals surface area contributed by atoms with Crippen molar-refractivity contribution in [2.45, 2.75) is 39.4 Å². The quantitative estimate of drug-likeness (QED) is 0.603. The van der Waals surface area contributed by atoms with Gasteiger partial charge in [-0.25, -0.2) is 9.59 Å². The summed E-state index contributed by atoms with van der Waals surface area (Å²) in [7, 11) is 0. The average molecular weight is 387 g/mol. The Bertz CT molecular complexity index is 785. The summed E-state index contributed by atoms with van der Waals surface area (Å²) in [6.07, 6.45) is 1.52. The molecule has 0 aliphatic rings. The standard InChI is InChI=1S/C20H25N3O5/c1-13(2)22-20(26)21-11-15-6-8-16(9-7-15)19(25)28-12-18(24)23-14(3)17-5-4-10-27-17/h4-10,13-14H,11-12H2,1-3H3,(H,23,24)(H2,21,22,26)/t14-/m1/s1. The lowest BCUT2D eigenvalue weighted by molar-refractivity contribution is -0.125. The molecule has 8 nitrogen and oxygen atoms in total. The minimum Gasteiger partial charge on any atom is -0.467 e. The normalized spacial score (nSPS) is 11.6. The number of benzene rings is 1. The Balaban J connectivity index is 1.76. The molecule has 0 bridgehead atoms. The molecule has 0 aliphatic carbocycles. The number of ether oxygens (including phenoxy) is 1. The van der Waals surface area contributed by atoms with Crippen molar-refractivity contribution in [2.24, 2.45) is 0 Å². The van der Waals surface area contributed by atoms with Crippen LogP contribution >= 0.6 is 0 Å². The lowest BCUT2D eigenvalue weighted by atomic mass is 10.1. The molecule has 28 heavy (non-hydrogen) atoms. The van der Waals surface area contributed by atoms with E-state index in [1.807, 2.05) is 13.8 Å². The maximum absolute atomic E-state index is 12.1. The molecule has 2 rings (SSSR count). The van der Waals surface area contributed by atoms with E-state index in [0.717, 1.165) is 5.56 Å². The Labute approximate surface area is 163 Å². The number of esters is 1. The average Bonchev–Trinajstić information content (AvgIpc) is 3.19. The maximum atomic E-state index is 12.1. The third-order valence-electron chi connectivity index (χ3n) is 3.74. The number of nitrogens with one attached hydrogen (secondary N) is 3. The predicted molar refractivity (Wildman–Crippen MR) is 102 cm³/mol. The van der Waals surface area contributed by atoms with Gasteiger partial charge in [0.15, 0.2) is 6.61 Å². The van der Waals surface area contributed by atoms with Crippen LogP contribution in [0.15, 0.2) is 47.1 Å². The number of carbonyl (C=O) groups is 3. The zero-order valence-corrected chi connectivity index (χ0v) is 16.2. The second-order valence-electron chi connectivity index (χ2n) is 6.56. The molecule has 1 aromatic carbocycles. The van der Waals surface area contributed by atoms with Crippen LogP contribution in [-0.2, 0) is 16.1 Å². The number of urea groups is 1. The smallest absolute Gasteiger partial charge is 0.338 e. The van der Waals surface area contributed by atoms with Crippen LogP contribution in [0.1, 0.15) is 48.5 Å². The molecule has 0 unspecified atom stereocenters. The van der Waals surface area contributed by atoms with Gasteiger partial charge in [-0.1, -0.05) is 12.1 Å². The SMILES string of the molecule is CC(C)NC(=O)NCc1ccc(C(=O)OCC(=O)N[C@H](C)c2ccco2)cc1. The summed E-state index contributed by atoms with van der Waals surface area (Å²) in [6, 6.07) is 9.56. The number of hydrogen-bond donors (Lipinski definition) is 3. The Morgan fingerprint density at radius 3 is 2.36 bits per heavy atom. The van der Waals surface area contributed by atoms with Crippen molar-refractivity contribution in [1.82, 2.24) is 16.0 Å². The molecule has 3 N–H and O–H groups in total. The molecule has 1 aromatic heterocycles. The van der Waals surface area contributed by atoms with Crippen molar-refractivity contribution in [3.8, 4) is 0 Å². The summed E-state index contributed by atoms with van der Waals surface area (Å²) in [5, 5.41) is 8.13. The van der Waals surface area contributed by atoms with E-state index in [9.17, 15) is 14.4 Å². The summed E-state index contributed by atoms with van der Waals surface area (Å²) in [5.74, 6) is -0.405. The van der Waals surface area contributed by atoms with Gasteiger partial charge in [0.25, 0.3) is 5.91 Å². The predicted octanol–water partition coefficient (Wildman–Crippen LogP) is 2.52. The lowest BCUT2D eigenvalue weighted by Gasteiger charge is -2.12. The van der Waals surface area contributed by atoms with Gasteiger partial charge >= 0.3 is 12.0 Å². The first-order valence-electron chi connectivity index (χ1n) is 8.98. The van der Waals surface area contributed by atoms with Gasteiger partial charge in [-0.2, -0.15) is 0 Å². The van der Waals surface area contributed by atoms with E-state index in [1.165, 1.54) is 6.26 Å². The summed E-state index contributed by atoms with van der Waals surface area (Å²) in [4.78, 5) is 35.5. The van der Waals surface area contributed by atoms with Crippen LogP contribution < -0.4 is 16.0 Å². The van der Waals surface area contributed by atoms with Gasteiger partial charge in [0.1, 0.15) is 5.76 Å².